The number of unbranched alkanes of at least 4 members (excludes halogenated alkanes) is 2. The molecule has 0 unspecified atom stereocenters. The highest BCUT2D eigenvalue weighted by Crippen LogP contribution is 2.18. The number of nitrogens with one attached hydrogen (secondary N) is 1. The third kappa shape index (κ3) is 3.77. The van der Waals surface area contributed by atoms with Crippen molar-refractivity contribution in [1.29, 1.82) is 0 Å². The molecule has 2 N–H and O–H groups in total. The molecule has 0 fully saturated rings. The number of anilines is 1. The number of hydrogen-bond acceptors (Lipinski definition) is 2. The highest BCUT2D eigenvalue weighted by molar-refractivity contribution is 5.46. The average Bonchev–Trinajstić information content (AvgIpc) is 2.25. The summed E-state index contributed by atoms with van der Waals surface area (Å²) in [4.78, 5) is 0. The summed E-state index contributed by atoms with van der Waals surface area (Å²) in [6, 6.07) is 2.36. The first-order valence-electron chi connectivity index (χ1n) is 5.45. The van der Waals surface area contributed by atoms with Gasteiger partial charge in [-0.3, -0.25) is 0 Å². The zero-order chi connectivity index (χ0) is 12.0. The van der Waals surface area contributed by atoms with Gasteiger partial charge in [0.25, 0.3) is 0 Å². The largest absolute Gasteiger partial charge is 0.396 e. The zero-order valence-corrected chi connectivity index (χ0v) is 9.39. The summed E-state index contributed by atoms with van der Waals surface area (Å²) in [6.45, 7) is 2.29. The molecule has 0 heterocycles. The van der Waals surface area contributed by atoms with Gasteiger partial charge in [-0.05, 0) is 37.8 Å². The van der Waals surface area contributed by atoms with E-state index in [0.29, 0.717) is 12.1 Å². The Labute approximate surface area is 94.3 Å². The van der Waals surface area contributed by atoms with E-state index in [-0.39, 0.29) is 12.3 Å². The molecule has 0 saturated heterocycles. The van der Waals surface area contributed by atoms with Crippen molar-refractivity contribution in [2.45, 2.75) is 26.2 Å². The first-order chi connectivity index (χ1) is 7.65. The fourth-order valence-electron chi connectivity index (χ4n) is 1.42. The van der Waals surface area contributed by atoms with Crippen LogP contribution in [0, 0.1) is 18.6 Å². The minimum absolute atomic E-state index is 0.174. The SMILES string of the molecule is Cc1cc(F)c(NCCCCCO)cc1F. The highest BCUT2D eigenvalue weighted by Gasteiger charge is 2.06. The van der Waals surface area contributed by atoms with Crippen LogP contribution >= 0.6 is 0 Å². The quantitative estimate of drug-likeness (QED) is 0.735. The molecule has 0 spiro atoms. The Morgan fingerprint density at radius 1 is 1.12 bits per heavy atom. The molecule has 0 radical (unpaired) electrons. The Morgan fingerprint density at radius 3 is 2.56 bits per heavy atom. The van der Waals surface area contributed by atoms with Crippen molar-refractivity contribution in [3.8, 4) is 0 Å². The van der Waals surface area contributed by atoms with Crippen molar-refractivity contribution in [2.24, 2.45) is 0 Å². The summed E-state index contributed by atoms with van der Waals surface area (Å²) in [6.07, 6.45) is 2.45. The molecule has 0 aliphatic carbocycles. The van der Waals surface area contributed by atoms with Crippen LogP contribution in [0.3, 0.4) is 0 Å². The van der Waals surface area contributed by atoms with Crippen LogP contribution in [-0.2, 0) is 0 Å². The summed E-state index contributed by atoms with van der Waals surface area (Å²) in [5.41, 5.74) is 0.510. The Balaban J connectivity index is 2.45. The minimum atomic E-state index is -0.430. The lowest BCUT2D eigenvalue weighted by molar-refractivity contribution is 0.283. The van der Waals surface area contributed by atoms with Gasteiger partial charge in [-0.1, -0.05) is 0 Å². The van der Waals surface area contributed by atoms with E-state index in [1.807, 2.05) is 0 Å². The van der Waals surface area contributed by atoms with E-state index in [1.54, 1.807) is 0 Å². The third-order valence-corrected chi connectivity index (χ3v) is 2.40. The summed E-state index contributed by atoms with van der Waals surface area (Å²) in [7, 11) is 0. The van der Waals surface area contributed by atoms with Crippen LogP contribution in [0.1, 0.15) is 24.8 Å². The van der Waals surface area contributed by atoms with E-state index in [1.165, 1.54) is 19.1 Å². The van der Waals surface area contributed by atoms with Gasteiger partial charge in [0.15, 0.2) is 0 Å². The summed E-state index contributed by atoms with van der Waals surface area (Å²) in [5.74, 6) is -0.833. The van der Waals surface area contributed by atoms with E-state index < -0.39 is 11.6 Å². The molecule has 16 heavy (non-hydrogen) atoms. The molecule has 0 aliphatic heterocycles. The fourth-order valence-corrected chi connectivity index (χ4v) is 1.42. The van der Waals surface area contributed by atoms with Gasteiger partial charge in [-0.25, -0.2) is 8.78 Å². The molecule has 1 aromatic rings. The van der Waals surface area contributed by atoms with Gasteiger partial charge in [0.1, 0.15) is 11.6 Å². The smallest absolute Gasteiger partial charge is 0.146 e. The second-order valence-electron chi connectivity index (χ2n) is 3.79. The van der Waals surface area contributed by atoms with Gasteiger partial charge in [-0.2, -0.15) is 0 Å². The molecule has 0 aliphatic rings. The number of benzene rings is 1. The maximum atomic E-state index is 13.3. The molecule has 4 heteroatoms. The first-order valence-corrected chi connectivity index (χ1v) is 5.45. The van der Waals surface area contributed by atoms with Crippen LogP contribution in [0.4, 0.5) is 14.5 Å². The van der Waals surface area contributed by atoms with Crippen LogP contribution < -0.4 is 5.32 Å². The molecule has 90 valence electrons. The molecule has 0 atom stereocenters. The highest BCUT2D eigenvalue weighted by atomic mass is 19.1. The van der Waals surface area contributed by atoms with E-state index in [2.05, 4.69) is 5.32 Å². The minimum Gasteiger partial charge on any atom is -0.396 e. The molecule has 2 nitrogen and oxygen atoms in total. The first kappa shape index (κ1) is 12.9. The number of aliphatic hydroxyl groups excluding tert-OH is 1. The molecule has 1 rings (SSSR count). The Hall–Kier alpha value is -1.16. The van der Waals surface area contributed by atoms with E-state index in [4.69, 9.17) is 5.11 Å². The van der Waals surface area contributed by atoms with Crippen molar-refractivity contribution in [3.63, 3.8) is 0 Å². The molecule has 0 bridgehead atoms. The van der Waals surface area contributed by atoms with Gasteiger partial charge in [0.2, 0.25) is 0 Å². The number of rotatable bonds is 6. The van der Waals surface area contributed by atoms with E-state index >= 15 is 0 Å². The van der Waals surface area contributed by atoms with Crippen LogP contribution in [0.5, 0.6) is 0 Å². The lowest BCUT2D eigenvalue weighted by Crippen LogP contribution is -2.04. The van der Waals surface area contributed by atoms with Crippen LogP contribution in [0.15, 0.2) is 12.1 Å². The maximum Gasteiger partial charge on any atom is 0.146 e. The molecule has 1 aromatic carbocycles. The monoisotopic (exact) mass is 229 g/mol. The predicted octanol–water partition coefficient (Wildman–Crippen LogP) is 2.85. The summed E-state index contributed by atoms with van der Waals surface area (Å²) in [5, 5.41) is 11.4. The van der Waals surface area contributed by atoms with Crippen LogP contribution in [0.2, 0.25) is 0 Å². The average molecular weight is 229 g/mol. The predicted molar refractivity (Wildman–Crippen MR) is 60.5 cm³/mol. The van der Waals surface area contributed by atoms with Gasteiger partial charge in [0, 0.05) is 19.2 Å². The number of hydrogen-bond donors (Lipinski definition) is 2. The number of aryl methyl sites for hydroxylation is 1. The van der Waals surface area contributed by atoms with Crippen molar-refractivity contribution < 1.29 is 13.9 Å². The topological polar surface area (TPSA) is 32.3 Å². The van der Waals surface area contributed by atoms with Crippen LogP contribution in [-0.4, -0.2) is 18.3 Å². The van der Waals surface area contributed by atoms with Gasteiger partial charge in [-0.15, -0.1) is 0 Å². The van der Waals surface area contributed by atoms with Crippen molar-refractivity contribution in [3.05, 3.63) is 29.3 Å². The van der Waals surface area contributed by atoms with Gasteiger partial charge < -0.3 is 10.4 Å². The van der Waals surface area contributed by atoms with Crippen molar-refractivity contribution in [1.82, 2.24) is 0 Å². The lowest BCUT2D eigenvalue weighted by Gasteiger charge is -2.08. The normalized spacial score (nSPS) is 10.5. The third-order valence-electron chi connectivity index (χ3n) is 2.40. The van der Waals surface area contributed by atoms with E-state index in [9.17, 15) is 8.78 Å². The van der Waals surface area contributed by atoms with E-state index in [0.717, 1.165) is 19.3 Å². The summed E-state index contributed by atoms with van der Waals surface area (Å²) < 4.78 is 26.5. The lowest BCUT2D eigenvalue weighted by atomic mass is 10.2. The number of halogens is 2. The zero-order valence-electron chi connectivity index (χ0n) is 9.39. The second-order valence-corrected chi connectivity index (χ2v) is 3.79. The fraction of sp³-hybridized carbons (Fsp3) is 0.500. The maximum absolute atomic E-state index is 13.3. The van der Waals surface area contributed by atoms with Crippen LogP contribution in [0.25, 0.3) is 0 Å². The van der Waals surface area contributed by atoms with Gasteiger partial charge >= 0.3 is 0 Å². The molecule has 0 aromatic heterocycles. The Kier molecular flexibility index (Phi) is 5.19. The van der Waals surface area contributed by atoms with Gasteiger partial charge in [0.05, 0.1) is 5.69 Å². The molecule has 0 amide bonds. The molecular formula is C12H17F2NO. The van der Waals surface area contributed by atoms with Crippen molar-refractivity contribution >= 4 is 5.69 Å². The molecular weight excluding hydrogens is 212 g/mol. The Morgan fingerprint density at radius 2 is 1.88 bits per heavy atom. The van der Waals surface area contributed by atoms with Crippen molar-refractivity contribution in [2.75, 3.05) is 18.5 Å². The Bertz CT molecular complexity index is 342. The number of aliphatic hydroxyl groups is 1. The standard InChI is InChI=1S/C12H17F2NO/c1-9-7-11(14)12(8-10(9)13)15-5-3-2-4-6-16/h7-8,15-16H,2-6H2,1H3. The molecule has 0 saturated carbocycles. The second kappa shape index (κ2) is 6.43. The summed E-state index contributed by atoms with van der Waals surface area (Å²) >= 11 is 0.